The average molecular weight is 266 g/mol. The van der Waals surface area contributed by atoms with E-state index in [-0.39, 0.29) is 0 Å². The molecule has 0 aliphatic carbocycles. The first-order valence-corrected chi connectivity index (χ1v) is 6.07. The quantitative estimate of drug-likeness (QED) is 0.672. The van der Waals surface area contributed by atoms with Gasteiger partial charge in [-0.3, -0.25) is 9.97 Å². The molecule has 0 radical (unpaired) electrons. The highest BCUT2D eigenvalue weighted by Gasteiger charge is 2.11. The SMILES string of the molecule is N#Cc1cnc(-c2cnccc2Cl)c2ccccc12. The third kappa shape index (κ3) is 1.92. The summed E-state index contributed by atoms with van der Waals surface area (Å²) in [6, 6.07) is 11.5. The first-order valence-electron chi connectivity index (χ1n) is 5.69. The van der Waals surface area contributed by atoms with Crippen LogP contribution in [0.4, 0.5) is 0 Å². The lowest BCUT2D eigenvalue weighted by atomic mass is 10.0. The summed E-state index contributed by atoms with van der Waals surface area (Å²) in [6.45, 7) is 0. The Labute approximate surface area is 115 Å². The van der Waals surface area contributed by atoms with Gasteiger partial charge in [0.2, 0.25) is 0 Å². The summed E-state index contributed by atoms with van der Waals surface area (Å²) in [7, 11) is 0. The molecular weight excluding hydrogens is 258 g/mol. The van der Waals surface area contributed by atoms with Crippen LogP contribution in [0.25, 0.3) is 22.0 Å². The molecule has 1 aromatic carbocycles. The Morgan fingerprint density at radius 2 is 1.84 bits per heavy atom. The second-order valence-electron chi connectivity index (χ2n) is 4.03. The van der Waals surface area contributed by atoms with Crippen molar-refractivity contribution in [2.24, 2.45) is 0 Å². The van der Waals surface area contributed by atoms with E-state index < -0.39 is 0 Å². The summed E-state index contributed by atoms with van der Waals surface area (Å²) in [4.78, 5) is 8.44. The Kier molecular flexibility index (Phi) is 2.86. The van der Waals surface area contributed by atoms with Gasteiger partial charge in [-0.15, -0.1) is 0 Å². The van der Waals surface area contributed by atoms with Crippen LogP contribution in [-0.4, -0.2) is 9.97 Å². The second-order valence-corrected chi connectivity index (χ2v) is 4.44. The Bertz CT molecular complexity index is 806. The zero-order valence-electron chi connectivity index (χ0n) is 9.84. The van der Waals surface area contributed by atoms with E-state index >= 15 is 0 Å². The third-order valence-electron chi connectivity index (χ3n) is 2.94. The van der Waals surface area contributed by atoms with Crippen molar-refractivity contribution in [1.82, 2.24) is 9.97 Å². The predicted molar refractivity (Wildman–Crippen MR) is 74.7 cm³/mol. The van der Waals surface area contributed by atoms with Gasteiger partial charge in [-0.1, -0.05) is 35.9 Å². The number of halogens is 1. The van der Waals surface area contributed by atoms with Gasteiger partial charge in [-0.05, 0) is 6.07 Å². The Balaban J connectivity index is 2.39. The van der Waals surface area contributed by atoms with Crippen LogP contribution in [0.5, 0.6) is 0 Å². The lowest BCUT2D eigenvalue weighted by Gasteiger charge is -2.08. The number of nitriles is 1. The highest BCUT2D eigenvalue weighted by atomic mass is 35.5. The molecule has 0 bridgehead atoms. The average Bonchev–Trinajstić information content (AvgIpc) is 2.47. The summed E-state index contributed by atoms with van der Waals surface area (Å²) >= 11 is 6.19. The second kappa shape index (κ2) is 4.68. The molecule has 2 aromatic heterocycles. The molecule has 0 aliphatic heterocycles. The molecule has 4 heteroatoms. The summed E-state index contributed by atoms with van der Waals surface area (Å²) < 4.78 is 0. The van der Waals surface area contributed by atoms with Gasteiger partial charge in [-0.25, -0.2) is 0 Å². The maximum absolute atomic E-state index is 9.12. The fourth-order valence-corrected chi connectivity index (χ4v) is 2.24. The normalized spacial score (nSPS) is 10.3. The minimum atomic E-state index is 0.555. The number of nitrogens with zero attached hydrogens (tertiary/aromatic N) is 3. The zero-order valence-corrected chi connectivity index (χ0v) is 10.6. The van der Waals surface area contributed by atoms with E-state index in [2.05, 4.69) is 16.0 Å². The lowest BCUT2D eigenvalue weighted by molar-refractivity contribution is 1.29. The van der Waals surface area contributed by atoms with Crippen LogP contribution in [0, 0.1) is 11.3 Å². The molecule has 3 rings (SSSR count). The van der Waals surface area contributed by atoms with Crippen LogP contribution in [0.3, 0.4) is 0 Å². The standard InChI is InChI=1S/C15H8ClN3/c16-14-5-6-18-9-13(14)15-12-4-2-1-3-11(12)10(7-17)8-19-15/h1-6,8-9H. The van der Waals surface area contributed by atoms with Crippen molar-refractivity contribution in [3.63, 3.8) is 0 Å². The summed E-state index contributed by atoms with van der Waals surface area (Å²) in [5.74, 6) is 0. The van der Waals surface area contributed by atoms with E-state index in [0.29, 0.717) is 10.6 Å². The fraction of sp³-hybridized carbons (Fsp3) is 0. The Morgan fingerprint density at radius 1 is 1.05 bits per heavy atom. The molecule has 0 spiro atoms. The molecule has 0 unspecified atom stereocenters. The molecule has 0 saturated heterocycles. The topological polar surface area (TPSA) is 49.6 Å². The van der Waals surface area contributed by atoms with Crippen LogP contribution >= 0.6 is 11.6 Å². The molecule has 2 heterocycles. The summed E-state index contributed by atoms with van der Waals surface area (Å²) in [6.07, 6.45) is 4.89. The van der Waals surface area contributed by atoms with Gasteiger partial charge in [0.05, 0.1) is 16.3 Å². The van der Waals surface area contributed by atoms with Crippen molar-refractivity contribution < 1.29 is 0 Å². The maximum atomic E-state index is 9.12. The number of rotatable bonds is 1. The van der Waals surface area contributed by atoms with Gasteiger partial charge in [0.1, 0.15) is 6.07 Å². The molecule has 3 nitrogen and oxygen atoms in total. The molecule has 0 amide bonds. The van der Waals surface area contributed by atoms with Crippen LogP contribution in [0.2, 0.25) is 5.02 Å². The van der Waals surface area contributed by atoms with Gasteiger partial charge in [0, 0.05) is 34.9 Å². The van der Waals surface area contributed by atoms with E-state index in [1.54, 1.807) is 24.7 Å². The summed E-state index contributed by atoms with van der Waals surface area (Å²) in [5.41, 5.74) is 2.07. The number of hydrogen-bond acceptors (Lipinski definition) is 3. The predicted octanol–water partition coefficient (Wildman–Crippen LogP) is 3.82. The molecule has 0 saturated carbocycles. The molecule has 0 fully saturated rings. The van der Waals surface area contributed by atoms with Crippen molar-refractivity contribution in [2.75, 3.05) is 0 Å². The van der Waals surface area contributed by atoms with Crippen molar-refractivity contribution >= 4 is 22.4 Å². The minimum Gasteiger partial charge on any atom is -0.264 e. The van der Waals surface area contributed by atoms with E-state index in [1.165, 1.54) is 0 Å². The Hall–Kier alpha value is -2.44. The van der Waals surface area contributed by atoms with Gasteiger partial charge in [-0.2, -0.15) is 5.26 Å². The first kappa shape index (κ1) is 11.6. The number of benzene rings is 1. The van der Waals surface area contributed by atoms with Gasteiger partial charge < -0.3 is 0 Å². The minimum absolute atomic E-state index is 0.555. The zero-order chi connectivity index (χ0) is 13.2. The lowest BCUT2D eigenvalue weighted by Crippen LogP contribution is -1.91. The van der Waals surface area contributed by atoms with Crippen LogP contribution in [-0.2, 0) is 0 Å². The smallest absolute Gasteiger partial charge is 0.101 e. The van der Waals surface area contributed by atoms with Crippen molar-refractivity contribution in [2.45, 2.75) is 0 Å². The number of aromatic nitrogens is 2. The van der Waals surface area contributed by atoms with Gasteiger partial charge in [0.15, 0.2) is 0 Å². The fourth-order valence-electron chi connectivity index (χ4n) is 2.05. The molecule has 3 aromatic rings. The van der Waals surface area contributed by atoms with E-state index in [9.17, 15) is 0 Å². The van der Waals surface area contributed by atoms with Crippen molar-refractivity contribution in [1.29, 1.82) is 5.26 Å². The highest BCUT2D eigenvalue weighted by Crippen LogP contribution is 2.32. The monoisotopic (exact) mass is 265 g/mol. The van der Waals surface area contributed by atoms with E-state index in [0.717, 1.165) is 22.0 Å². The Morgan fingerprint density at radius 3 is 2.58 bits per heavy atom. The number of fused-ring (bicyclic) bond motifs is 1. The molecule has 19 heavy (non-hydrogen) atoms. The third-order valence-corrected chi connectivity index (χ3v) is 3.27. The highest BCUT2D eigenvalue weighted by molar-refractivity contribution is 6.33. The first-order chi connectivity index (χ1) is 9.31. The molecular formula is C15H8ClN3. The molecule has 90 valence electrons. The molecule has 0 N–H and O–H groups in total. The summed E-state index contributed by atoms with van der Waals surface area (Å²) in [5, 5.41) is 11.5. The van der Waals surface area contributed by atoms with Crippen molar-refractivity contribution in [3.8, 4) is 17.3 Å². The van der Waals surface area contributed by atoms with Crippen molar-refractivity contribution in [3.05, 3.63) is 59.5 Å². The largest absolute Gasteiger partial charge is 0.264 e. The number of hydrogen-bond donors (Lipinski definition) is 0. The van der Waals surface area contributed by atoms with Crippen LogP contribution in [0.15, 0.2) is 48.9 Å². The van der Waals surface area contributed by atoms with E-state index in [1.807, 2.05) is 24.3 Å². The van der Waals surface area contributed by atoms with Gasteiger partial charge >= 0.3 is 0 Å². The molecule has 0 aliphatic rings. The maximum Gasteiger partial charge on any atom is 0.101 e. The van der Waals surface area contributed by atoms with Gasteiger partial charge in [0.25, 0.3) is 0 Å². The van der Waals surface area contributed by atoms with Crippen LogP contribution in [0.1, 0.15) is 5.56 Å². The van der Waals surface area contributed by atoms with Crippen LogP contribution < -0.4 is 0 Å². The van der Waals surface area contributed by atoms with E-state index in [4.69, 9.17) is 16.9 Å². The number of pyridine rings is 2. The molecule has 0 atom stereocenters.